The fourth-order valence-corrected chi connectivity index (χ4v) is 3.55. The number of likely N-dealkylation sites (tertiary alicyclic amines) is 1. The molecule has 124 valence electrons. The van der Waals surface area contributed by atoms with Crippen LogP contribution in [0.2, 0.25) is 0 Å². The summed E-state index contributed by atoms with van der Waals surface area (Å²) in [6.45, 7) is 3.25. The van der Waals surface area contributed by atoms with E-state index in [1.807, 2.05) is 18.5 Å². The van der Waals surface area contributed by atoms with Crippen molar-refractivity contribution in [3.63, 3.8) is 0 Å². The maximum absolute atomic E-state index is 13.0. The third-order valence-corrected chi connectivity index (χ3v) is 4.71. The molecule has 0 N–H and O–H groups in total. The normalized spacial score (nSPS) is 18.6. The zero-order chi connectivity index (χ0) is 16.7. The number of nitrogens with zero attached hydrogens (tertiary/aromatic N) is 3. The van der Waals surface area contributed by atoms with Gasteiger partial charge in [-0.05, 0) is 25.3 Å². The van der Waals surface area contributed by atoms with Gasteiger partial charge in [-0.1, -0.05) is 0 Å². The molecule has 1 unspecified atom stereocenters. The molecule has 0 spiro atoms. The zero-order valence-corrected chi connectivity index (χ0v) is 14.1. The number of hydrogen-bond acceptors (Lipinski definition) is 3. The predicted molar refractivity (Wildman–Crippen MR) is 88.8 cm³/mol. The second-order valence-corrected chi connectivity index (χ2v) is 6.36. The molecule has 3 rings (SSSR count). The molecule has 0 bridgehead atoms. The van der Waals surface area contributed by atoms with Crippen molar-refractivity contribution < 1.29 is 9.53 Å². The summed E-state index contributed by atoms with van der Waals surface area (Å²) < 4.78 is 8.81. The third-order valence-electron chi connectivity index (χ3n) is 4.71. The second kappa shape index (κ2) is 5.85. The van der Waals surface area contributed by atoms with Crippen LogP contribution < -0.4 is 5.56 Å². The number of amides is 1. The van der Waals surface area contributed by atoms with Gasteiger partial charge in [-0.2, -0.15) is 0 Å². The van der Waals surface area contributed by atoms with Crippen LogP contribution in [-0.2, 0) is 18.8 Å². The van der Waals surface area contributed by atoms with Crippen molar-refractivity contribution in [1.82, 2.24) is 14.0 Å². The van der Waals surface area contributed by atoms with Crippen molar-refractivity contribution in [2.45, 2.75) is 25.9 Å². The molecule has 2 aromatic rings. The molecule has 1 atom stereocenters. The SMILES string of the molecule is COC1CCCN(C(=O)c2cn(C)c3c(C)cn(C)c(=O)c23)C1. The number of pyridine rings is 1. The molecule has 0 radical (unpaired) electrons. The number of hydrogen-bond donors (Lipinski definition) is 0. The van der Waals surface area contributed by atoms with E-state index >= 15 is 0 Å². The first-order chi connectivity index (χ1) is 10.9. The summed E-state index contributed by atoms with van der Waals surface area (Å²) in [5, 5.41) is 0.513. The van der Waals surface area contributed by atoms with Crippen LogP contribution in [0.5, 0.6) is 0 Å². The second-order valence-electron chi connectivity index (χ2n) is 6.36. The van der Waals surface area contributed by atoms with Crippen LogP contribution in [0.4, 0.5) is 0 Å². The summed E-state index contributed by atoms with van der Waals surface area (Å²) in [5.74, 6) is -0.0833. The molecule has 1 aliphatic rings. The first-order valence-corrected chi connectivity index (χ1v) is 7.91. The lowest BCUT2D eigenvalue weighted by molar-refractivity contribution is 0.0270. The Bertz CT molecular complexity index is 819. The topological polar surface area (TPSA) is 56.5 Å². The Morgan fingerprint density at radius 3 is 2.70 bits per heavy atom. The first kappa shape index (κ1) is 15.8. The van der Waals surface area contributed by atoms with Gasteiger partial charge in [0.25, 0.3) is 11.5 Å². The minimum absolute atomic E-state index is 0.0762. The van der Waals surface area contributed by atoms with Gasteiger partial charge in [-0.3, -0.25) is 9.59 Å². The summed E-state index contributed by atoms with van der Waals surface area (Å²) >= 11 is 0. The van der Waals surface area contributed by atoms with Crippen molar-refractivity contribution >= 4 is 16.8 Å². The number of carbonyl (C=O) groups excluding carboxylic acids is 1. The Balaban J connectivity index is 2.10. The molecule has 0 aromatic carbocycles. The van der Waals surface area contributed by atoms with Gasteiger partial charge in [-0.15, -0.1) is 0 Å². The third kappa shape index (κ3) is 2.57. The number of rotatable bonds is 2. The van der Waals surface area contributed by atoms with E-state index in [0.29, 0.717) is 24.0 Å². The monoisotopic (exact) mass is 317 g/mol. The minimum atomic E-state index is -0.130. The molecule has 0 aliphatic carbocycles. The maximum atomic E-state index is 13.0. The summed E-state index contributed by atoms with van der Waals surface area (Å²) in [5.41, 5.74) is 2.17. The number of fused-ring (bicyclic) bond motifs is 1. The quantitative estimate of drug-likeness (QED) is 0.842. The zero-order valence-electron chi connectivity index (χ0n) is 14.1. The molecule has 6 heteroatoms. The highest BCUT2D eigenvalue weighted by molar-refractivity contribution is 6.07. The van der Waals surface area contributed by atoms with Crippen LogP contribution >= 0.6 is 0 Å². The fraction of sp³-hybridized carbons (Fsp3) is 0.529. The molecule has 0 saturated carbocycles. The number of piperidine rings is 1. The lowest BCUT2D eigenvalue weighted by atomic mass is 10.1. The van der Waals surface area contributed by atoms with Gasteiger partial charge < -0.3 is 18.8 Å². The maximum Gasteiger partial charge on any atom is 0.260 e. The Kier molecular flexibility index (Phi) is 4.02. The van der Waals surface area contributed by atoms with E-state index in [4.69, 9.17) is 4.74 Å². The average Bonchev–Trinajstić information content (AvgIpc) is 2.90. The predicted octanol–water partition coefficient (Wildman–Crippen LogP) is 1.44. The highest BCUT2D eigenvalue weighted by atomic mass is 16.5. The molecule has 2 aromatic heterocycles. The van der Waals surface area contributed by atoms with Gasteiger partial charge in [0.15, 0.2) is 0 Å². The van der Waals surface area contributed by atoms with Gasteiger partial charge in [0.2, 0.25) is 0 Å². The Labute approximate surface area is 135 Å². The Hall–Kier alpha value is -2.08. The van der Waals surface area contributed by atoms with Crippen LogP contribution in [0.1, 0.15) is 28.8 Å². The van der Waals surface area contributed by atoms with Gasteiger partial charge in [0, 0.05) is 46.7 Å². The number of aromatic nitrogens is 2. The fourth-order valence-electron chi connectivity index (χ4n) is 3.55. The van der Waals surface area contributed by atoms with Crippen molar-refractivity contribution in [3.05, 3.63) is 33.9 Å². The van der Waals surface area contributed by atoms with Gasteiger partial charge in [-0.25, -0.2) is 0 Å². The lowest BCUT2D eigenvalue weighted by Crippen LogP contribution is -2.43. The van der Waals surface area contributed by atoms with Crippen LogP contribution in [0.25, 0.3) is 10.9 Å². The van der Waals surface area contributed by atoms with Crippen LogP contribution in [0.3, 0.4) is 0 Å². The lowest BCUT2D eigenvalue weighted by Gasteiger charge is -2.31. The smallest absolute Gasteiger partial charge is 0.260 e. The van der Waals surface area contributed by atoms with Crippen LogP contribution in [-0.4, -0.2) is 46.2 Å². The van der Waals surface area contributed by atoms with Crippen molar-refractivity contribution in [1.29, 1.82) is 0 Å². The van der Waals surface area contributed by atoms with E-state index in [1.54, 1.807) is 36.0 Å². The molecule has 1 saturated heterocycles. The highest BCUT2D eigenvalue weighted by Crippen LogP contribution is 2.23. The molecule has 23 heavy (non-hydrogen) atoms. The standard InChI is InChI=1S/C17H23N3O3/c1-11-8-19(3)17(22)14-13(10-18(2)15(11)14)16(21)20-7-5-6-12(9-20)23-4/h8,10,12H,5-7,9H2,1-4H3. The van der Waals surface area contributed by atoms with E-state index in [2.05, 4.69) is 0 Å². The summed E-state index contributed by atoms with van der Waals surface area (Å²) in [4.78, 5) is 27.3. The first-order valence-electron chi connectivity index (χ1n) is 7.91. The molecular weight excluding hydrogens is 294 g/mol. The number of methoxy groups -OCH3 is 1. The average molecular weight is 317 g/mol. The van der Waals surface area contributed by atoms with E-state index in [1.165, 1.54) is 0 Å². The molecule has 1 fully saturated rings. The van der Waals surface area contributed by atoms with Gasteiger partial charge in [0.05, 0.1) is 22.6 Å². The molecule has 3 heterocycles. The number of ether oxygens (including phenoxy) is 1. The number of aryl methyl sites for hydroxylation is 3. The Morgan fingerprint density at radius 1 is 1.26 bits per heavy atom. The minimum Gasteiger partial charge on any atom is -0.380 e. The molecule has 1 aliphatic heterocycles. The summed E-state index contributed by atoms with van der Waals surface area (Å²) in [7, 11) is 5.27. The van der Waals surface area contributed by atoms with Crippen LogP contribution in [0.15, 0.2) is 17.2 Å². The van der Waals surface area contributed by atoms with Crippen molar-refractivity contribution in [2.24, 2.45) is 14.1 Å². The van der Waals surface area contributed by atoms with Gasteiger partial charge >= 0.3 is 0 Å². The van der Waals surface area contributed by atoms with Crippen molar-refractivity contribution in [2.75, 3.05) is 20.2 Å². The van der Waals surface area contributed by atoms with E-state index in [0.717, 1.165) is 23.9 Å². The van der Waals surface area contributed by atoms with Crippen molar-refractivity contribution in [3.8, 4) is 0 Å². The largest absolute Gasteiger partial charge is 0.380 e. The number of carbonyl (C=O) groups is 1. The molecular formula is C17H23N3O3. The Morgan fingerprint density at radius 2 is 2.00 bits per heavy atom. The highest BCUT2D eigenvalue weighted by Gasteiger charge is 2.27. The summed E-state index contributed by atoms with van der Waals surface area (Å²) in [6.07, 6.45) is 5.55. The molecule has 6 nitrogen and oxygen atoms in total. The van der Waals surface area contributed by atoms with E-state index in [9.17, 15) is 9.59 Å². The molecule has 1 amide bonds. The van der Waals surface area contributed by atoms with E-state index < -0.39 is 0 Å². The van der Waals surface area contributed by atoms with E-state index in [-0.39, 0.29) is 17.6 Å². The summed E-state index contributed by atoms with van der Waals surface area (Å²) in [6, 6.07) is 0. The van der Waals surface area contributed by atoms with Crippen LogP contribution in [0, 0.1) is 6.92 Å². The van der Waals surface area contributed by atoms with Gasteiger partial charge in [0.1, 0.15) is 0 Å².